The van der Waals surface area contributed by atoms with Crippen molar-refractivity contribution in [2.45, 2.75) is 45.6 Å². The number of carbonyl (C=O) groups is 1. The molecule has 2 rings (SSSR count). The van der Waals surface area contributed by atoms with Gasteiger partial charge in [0.2, 0.25) is 0 Å². The Balaban J connectivity index is 1.67. The highest BCUT2D eigenvalue weighted by molar-refractivity contribution is 5.80. The molecule has 0 aromatic heterocycles. The molecule has 146 valence electrons. The van der Waals surface area contributed by atoms with Crippen LogP contribution in [0.5, 0.6) is 5.75 Å². The highest BCUT2D eigenvalue weighted by atomic mass is 16.5. The molecule has 1 fully saturated rings. The van der Waals surface area contributed by atoms with E-state index in [-0.39, 0.29) is 11.3 Å². The molecule has 1 unspecified atom stereocenters. The number of nitrogens with zero attached hydrogens (tertiary/aromatic N) is 2. The molecule has 0 aliphatic carbocycles. The SMILES string of the molecule is CC(Oc1ccc(C(C)(C)C)cc1)C(=O)NCCCN1CCN(C)CC1. The number of benzene rings is 1. The summed E-state index contributed by atoms with van der Waals surface area (Å²) in [5.74, 6) is 0.682. The Morgan fingerprint density at radius 1 is 1.15 bits per heavy atom. The molecule has 5 heteroatoms. The lowest BCUT2D eigenvalue weighted by atomic mass is 9.87. The van der Waals surface area contributed by atoms with Gasteiger partial charge in [-0.2, -0.15) is 0 Å². The van der Waals surface area contributed by atoms with Crippen molar-refractivity contribution in [3.05, 3.63) is 29.8 Å². The second-order valence-corrected chi connectivity index (χ2v) is 8.32. The number of carbonyl (C=O) groups excluding carboxylic acids is 1. The topological polar surface area (TPSA) is 44.8 Å². The number of piperazine rings is 1. The van der Waals surface area contributed by atoms with Crippen molar-refractivity contribution in [1.82, 2.24) is 15.1 Å². The summed E-state index contributed by atoms with van der Waals surface area (Å²) in [6, 6.07) is 8.02. The highest BCUT2D eigenvalue weighted by Gasteiger charge is 2.17. The summed E-state index contributed by atoms with van der Waals surface area (Å²) in [4.78, 5) is 17.0. The van der Waals surface area contributed by atoms with Crippen LogP contribution in [0, 0.1) is 0 Å². The zero-order chi connectivity index (χ0) is 19.2. The molecule has 1 aliphatic heterocycles. The van der Waals surface area contributed by atoms with Gasteiger partial charge in [-0.05, 0) is 50.0 Å². The first kappa shape index (κ1) is 20.7. The first-order valence-electron chi connectivity index (χ1n) is 9.71. The van der Waals surface area contributed by atoms with E-state index in [2.05, 4.69) is 55.1 Å². The molecule has 26 heavy (non-hydrogen) atoms. The van der Waals surface area contributed by atoms with E-state index in [1.807, 2.05) is 12.1 Å². The van der Waals surface area contributed by atoms with Crippen molar-refractivity contribution in [1.29, 1.82) is 0 Å². The molecule has 5 nitrogen and oxygen atoms in total. The summed E-state index contributed by atoms with van der Waals surface area (Å²) in [5.41, 5.74) is 1.37. The normalized spacial score (nSPS) is 17.7. The number of hydrogen-bond donors (Lipinski definition) is 1. The monoisotopic (exact) mass is 361 g/mol. The summed E-state index contributed by atoms with van der Waals surface area (Å²) in [6.07, 6.45) is 0.488. The summed E-state index contributed by atoms with van der Waals surface area (Å²) < 4.78 is 5.77. The molecule has 1 atom stereocenters. The van der Waals surface area contributed by atoms with E-state index < -0.39 is 6.10 Å². The van der Waals surface area contributed by atoms with E-state index in [1.54, 1.807) is 6.92 Å². The minimum atomic E-state index is -0.487. The average Bonchev–Trinajstić information content (AvgIpc) is 2.59. The van der Waals surface area contributed by atoms with Gasteiger partial charge >= 0.3 is 0 Å². The number of likely N-dealkylation sites (N-methyl/N-ethyl adjacent to an activating group) is 1. The Morgan fingerprint density at radius 3 is 2.35 bits per heavy atom. The van der Waals surface area contributed by atoms with Crippen molar-refractivity contribution in [3.8, 4) is 5.75 Å². The van der Waals surface area contributed by atoms with Gasteiger partial charge in [-0.15, -0.1) is 0 Å². The molecule has 0 spiro atoms. The standard InChI is InChI=1S/C21H35N3O2/c1-17(26-19-9-7-18(8-10-19)21(2,3)4)20(25)22-11-6-12-24-15-13-23(5)14-16-24/h7-10,17H,6,11-16H2,1-5H3,(H,22,25). The van der Waals surface area contributed by atoms with Crippen LogP contribution in [-0.4, -0.2) is 68.1 Å². The maximum absolute atomic E-state index is 12.2. The van der Waals surface area contributed by atoms with Crippen molar-refractivity contribution < 1.29 is 9.53 Å². The van der Waals surface area contributed by atoms with Crippen LogP contribution in [0.25, 0.3) is 0 Å². The van der Waals surface area contributed by atoms with Crippen molar-refractivity contribution in [2.24, 2.45) is 0 Å². The van der Waals surface area contributed by atoms with Crippen LogP contribution in [0.4, 0.5) is 0 Å². The lowest BCUT2D eigenvalue weighted by Crippen LogP contribution is -2.45. The predicted octanol–water partition coefficient (Wildman–Crippen LogP) is 2.51. The molecule has 1 aliphatic rings. The van der Waals surface area contributed by atoms with E-state index in [4.69, 9.17) is 4.74 Å². The van der Waals surface area contributed by atoms with Gasteiger partial charge in [0, 0.05) is 32.7 Å². The Hall–Kier alpha value is -1.59. The molecule has 0 radical (unpaired) electrons. The van der Waals surface area contributed by atoms with Crippen LogP contribution in [-0.2, 0) is 10.2 Å². The molecule has 1 amide bonds. The summed E-state index contributed by atoms with van der Waals surface area (Å²) in [5, 5.41) is 2.99. The summed E-state index contributed by atoms with van der Waals surface area (Å²) in [7, 11) is 2.16. The number of rotatable bonds is 7. The maximum atomic E-state index is 12.2. The Morgan fingerprint density at radius 2 is 1.77 bits per heavy atom. The third kappa shape index (κ3) is 6.61. The van der Waals surface area contributed by atoms with E-state index in [1.165, 1.54) is 5.56 Å². The average molecular weight is 362 g/mol. The lowest BCUT2D eigenvalue weighted by molar-refractivity contribution is -0.127. The van der Waals surface area contributed by atoms with Gasteiger partial charge in [0.05, 0.1) is 0 Å². The van der Waals surface area contributed by atoms with Crippen molar-refractivity contribution in [2.75, 3.05) is 46.3 Å². The van der Waals surface area contributed by atoms with Crippen LogP contribution in [0.15, 0.2) is 24.3 Å². The van der Waals surface area contributed by atoms with Crippen LogP contribution in [0.3, 0.4) is 0 Å². The third-order valence-corrected chi connectivity index (χ3v) is 4.95. The Kier molecular flexibility index (Phi) is 7.47. The third-order valence-electron chi connectivity index (χ3n) is 4.95. The zero-order valence-corrected chi connectivity index (χ0v) is 17.0. The minimum absolute atomic E-state index is 0.0525. The summed E-state index contributed by atoms with van der Waals surface area (Å²) in [6.45, 7) is 14.6. The van der Waals surface area contributed by atoms with Gasteiger partial charge in [-0.3, -0.25) is 4.79 Å². The zero-order valence-electron chi connectivity index (χ0n) is 17.0. The Labute approximate surface area is 158 Å². The van der Waals surface area contributed by atoms with Crippen LogP contribution in [0.2, 0.25) is 0 Å². The largest absolute Gasteiger partial charge is 0.481 e. The van der Waals surface area contributed by atoms with E-state index in [9.17, 15) is 4.79 Å². The molecule has 0 saturated carbocycles. The van der Waals surface area contributed by atoms with E-state index >= 15 is 0 Å². The van der Waals surface area contributed by atoms with Gasteiger partial charge in [-0.25, -0.2) is 0 Å². The molecular weight excluding hydrogens is 326 g/mol. The van der Waals surface area contributed by atoms with Gasteiger partial charge < -0.3 is 19.9 Å². The minimum Gasteiger partial charge on any atom is -0.481 e. The van der Waals surface area contributed by atoms with Crippen LogP contribution in [0.1, 0.15) is 39.7 Å². The van der Waals surface area contributed by atoms with Crippen molar-refractivity contribution >= 4 is 5.91 Å². The van der Waals surface area contributed by atoms with Crippen LogP contribution < -0.4 is 10.1 Å². The lowest BCUT2D eigenvalue weighted by Gasteiger charge is -2.32. The second kappa shape index (κ2) is 9.38. The first-order valence-corrected chi connectivity index (χ1v) is 9.71. The fraction of sp³-hybridized carbons (Fsp3) is 0.667. The van der Waals surface area contributed by atoms with Gasteiger partial charge in [0.25, 0.3) is 5.91 Å². The first-order chi connectivity index (χ1) is 12.3. The fourth-order valence-corrected chi connectivity index (χ4v) is 3.02. The van der Waals surface area contributed by atoms with E-state index in [0.717, 1.165) is 44.9 Å². The smallest absolute Gasteiger partial charge is 0.260 e. The molecule has 1 saturated heterocycles. The number of hydrogen-bond acceptors (Lipinski definition) is 4. The number of amides is 1. The fourth-order valence-electron chi connectivity index (χ4n) is 3.02. The second-order valence-electron chi connectivity index (χ2n) is 8.32. The summed E-state index contributed by atoms with van der Waals surface area (Å²) >= 11 is 0. The maximum Gasteiger partial charge on any atom is 0.260 e. The highest BCUT2D eigenvalue weighted by Crippen LogP contribution is 2.24. The van der Waals surface area contributed by atoms with Crippen molar-refractivity contribution in [3.63, 3.8) is 0 Å². The van der Waals surface area contributed by atoms with Gasteiger partial charge in [0.15, 0.2) is 6.10 Å². The molecule has 0 bridgehead atoms. The van der Waals surface area contributed by atoms with Gasteiger partial charge in [0.1, 0.15) is 5.75 Å². The molecule has 1 heterocycles. The quantitative estimate of drug-likeness (QED) is 0.758. The number of nitrogens with one attached hydrogen (secondary N) is 1. The molecular formula is C21H35N3O2. The molecule has 1 aromatic rings. The molecule has 1 aromatic carbocycles. The molecule has 1 N–H and O–H groups in total. The number of ether oxygens (including phenoxy) is 1. The Bertz CT molecular complexity index is 558. The van der Waals surface area contributed by atoms with Crippen LogP contribution >= 0.6 is 0 Å². The predicted molar refractivity (Wildman–Crippen MR) is 107 cm³/mol. The van der Waals surface area contributed by atoms with E-state index in [0.29, 0.717) is 6.54 Å². The van der Waals surface area contributed by atoms with Gasteiger partial charge in [-0.1, -0.05) is 32.9 Å².